The van der Waals surface area contributed by atoms with Crippen molar-refractivity contribution in [2.24, 2.45) is 5.92 Å². The van der Waals surface area contributed by atoms with Crippen molar-refractivity contribution in [1.82, 2.24) is 5.32 Å². The minimum atomic E-state index is -0.972. The molecule has 5 heteroatoms. The zero-order valence-electron chi connectivity index (χ0n) is 11.2. The molecule has 0 radical (unpaired) electrons. The van der Waals surface area contributed by atoms with E-state index >= 15 is 0 Å². The van der Waals surface area contributed by atoms with Gasteiger partial charge in [-0.15, -0.1) is 0 Å². The number of hydrogen-bond donors (Lipinski definition) is 2. The van der Waals surface area contributed by atoms with Crippen LogP contribution in [0.3, 0.4) is 0 Å². The molecule has 1 saturated carbocycles. The molecule has 1 fully saturated rings. The van der Waals surface area contributed by atoms with Crippen molar-refractivity contribution in [2.45, 2.75) is 38.2 Å². The van der Waals surface area contributed by atoms with E-state index in [1.807, 2.05) is 0 Å². The molecule has 0 aliphatic heterocycles. The Morgan fingerprint density at radius 1 is 1.30 bits per heavy atom. The Labute approximate surface area is 117 Å². The van der Waals surface area contributed by atoms with Gasteiger partial charge in [0.1, 0.15) is 0 Å². The largest absolute Gasteiger partial charge is 0.393 e. The van der Waals surface area contributed by atoms with Crippen LogP contribution in [0.1, 0.15) is 31.2 Å². The summed E-state index contributed by atoms with van der Waals surface area (Å²) in [5, 5.41) is 12.5. The predicted molar refractivity (Wildman–Crippen MR) is 71.0 cm³/mol. The first-order valence-electron chi connectivity index (χ1n) is 6.95. The Kier molecular flexibility index (Phi) is 5.06. The number of halogens is 2. The van der Waals surface area contributed by atoms with Gasteiger partial charge in [0.25, 0.3) is 0 Å². The molecule has 1 amide bonds. The Hall–Kier alpha value is -1.49. The highest BCUT2D eigenvalue weighted by Crippen LogP contribution is 2.23. The maximum absolute atomic E-state index is 13.4. The Morgan fingerprint density at radius 2 is 2.05 bits per heavy atom. The smallest absolute Gasteiger partial charge is 0.224 e. The lowest BCUT2D eigenvalue weighted by Gasteiger charge is -2.27. The number of aliphatic hydroxyl groups is 1. The molecule has 2 unspecified atom stereocenters. The molecule has 0 saturated heterocycles. The lowest BCUT2D eigenvalue weighted by Crippen LogP contribution is -2.37. The van der Waals surface area contributed by atoms with Crippen LogP contribution in [-0.2, 0) is 11.2 Å². The highest BCUT2D eigenvalue weighted by Gasteiger charge is 2.23. The van der Waals surface area contributed by atoms with Crippen LogP contribution in [0.15, 0.2) is 18.2 Å². The molecule has 0 heterocycles. The summed E-state index contributed by atoms with van der Waals surface area (Å²) in [6.07, 6.45) is 3.15. The van der Waals surface area contributed by atoms with E-state index in [2.05, 4.69) is 5.32 Å². The topological polar surface area (TPSA) is 49.3 Å². The first-order valence-corrected chi connectivity index (χ1v) is 6.95. The summed E-state index contributed by atoms with van der Waals surface area (Å²) in [5.41, 5.74) is 0.0479. The van der Waals surface area contributed by atoms with Crippen molar-refractivity contribution in [3.8, 4) is 0 Å². The van der Waals surface area contributed by atoms with Crippen LogP contribution in [0.25, 0.3) is 0 Å². The number of rotatable bonds is 4. The second-order valence-corrected chi connectivity index (χ2v) is 5.31. The zero-order chi connectivity index (χ0) is 14.5. The average molecular weight is 283 g/mol. The van der Waals surface area contributed by atoms with E-state index in [-0.39, 0.29) is 29.9 Å². The van der Waals surface area contributed by atoms with E-state index < -0.39 is 11.6 Å². The molecule has 1 aromatic carbocycles. The lowest BCUT2D eigenvalue weighted by molar-refractivity contribution is -0.120. The highest BCUT2D eigenvalue weighted by molar-refractivity contribution is 5.78. The van der Waals surface area contributed by atoms with Crippen LogP contribution < -0.4 is 5.32 Å². The van der Waals surface area contributed by atoms with Crippen molar-refractivity contribution in [3.63, 3.8) is 0 Å². The third-order valence-corrected chi connectivity index (χ3v) is 3.81. The van der Waals surface area contributed by atoms with Gasteiger partial charge in [-0.25, -0.2) is 8.78 Å². The summed E-state index contributed by atoms with van der Waals surface area (Å²) in [7, 11) is 0. The van der Waals surface area contributed by atoms with Crippen LogP contribution >= 0.6 is 0 Å². The highest BCUT2D eigenvalue weighted by atomic mass is 19.2. The van der Waals surface area contributed by atoms with E-state index in [4.69, 9.17) is 0 Å². The number of hydrogen-bond acceptors (Lipinski definition) is 2. The van der Waals surface area contributed by atoms with Crippen LogP contribution in [0.4, 0.5) is 8.78 Å². The Bertz CT molecular complexity index is 479. The fourth-order valence-electron chi connectivity index (χ4n) is 2.59. The fraction of sp³-hybridized carbons (Fsp3) is 0.533. The maximum Gasteiger partial charge on any atom is 0.224 e. The Balaban J connectivity index is 1.85. The van der Waals surface area contributed by atoms with E-state index in [1.165, 1.54) is 12.1 Å². The molecule has 0 bridgehead atoms. The van der Waals surface area contributed by atoms with Gasteiger partial charge in [0.05, 0.1) is 12.5 Å². The maximum atomic E-state index is 13.4. The predicted octanol–water partition coefficient (Wildman–Crippen LogP) is 2.17. The van der Waals surface area contributed by atoms with Gasteiger partial charge in [-0.05, 0) is 18.9 Å². The molecular formula is C15H19F2NO2. The molecule has 3 nitrogen and oxygen atoms in total. The number of carbonyl (C=O) groups is 1. The molecule has 1 aliphatic carbocycles. The van der Waals surface area contributed by atoms with Gasteiger partial charge >= 0.3 is 0 Å². The van der Waals surface area contributed by atoms with Gasteiger partial charge < -0.3 is 10.4 Å². The molecule has 2 N–H and O–H groups in total. The van der Waals surface area contributed by atoms with Gasteiger partial charge in [-0.1, -0.05) is 25.0 Å². The molecule has 2 atom stereocenters. The minimum absolute atomic E-state index is 0.0479. The summed E-state index contributed by atoms with van der Waals surface area (Å²) in [6, 6.07) is 3.80. The summed E-state index contributed by atoms with van der Waals surface area (Å²) in [5.74, 6) is -2.21. The standard InChI is InChI=1S/C15H19F2NO2/c16-12-6-3-5-10(15(12)17)8-14(20)18-9-11-4-1-2-7-13(11)19/h3,5-6,11,13,19H,1-2,4,7-9H2,(H,18,20). The van der Waals surface area contributed by atoms with E-state index in [1.54, 1.807) is 0 Å². The van der Waals surface area contributed by atoms with Crippen molar-refractivity contribution in [2.75, 3.05) is 6.54 Å². The molecule has 0 aromatic heterocycles. The van der Waals surface area contributed by atoms with Crippen molar-refractivity contribution in [3.05, 3.63) is 35.4 Å². The summed E-state index contributed by atoms with van der Waals surface area (Å²) < 4.78 is 26.4. The summed E-state index contributed by atoms with van der Waals surface area (Å²) >= 11 is 0. The first kappa shape index (κ1) is 14.9. The number of carbonyl (C=O) groups excluding carboxylic acids is 1. The average Bonchev–Trinajstić information content (AvgIpc) is 2.43. The molecule has 0 spiro atoms. The number of aliphatic hydroxyl groups excluding tert-OH is 1. The van der Waals surface area contributed by atoms with E-state index in [9.17, 15) is 18.7 Å². The minimum Gasteiger partial charge on any atom is -0.393 e. The summed E-state index contributed by atoms with van der Waals surface area (Å²) in [6.45, 7) is 0.386. The molecule has 1 aliphatic rings. The second kappa shape index (κ2) is 6.79. The SMILES string of the molecule is O=C(Cc1cccc(F)c1F)NCC1CCCCC1O. The zero-order valence-corrected chi connectivity index (χ0v) is 11.2. The van der Waals surface area contributed by atoms with Crippen LogP contribution in [0.2, 0.25) is 0 Å². The van der Waals surface area contributed by atoms with Crippen molar-refractivity contribution >= 4 is 5.91 Å². The van der Waals surface area contributed by atoms with Crippen LogP contribution in [0, 0.1) is 17.6 Å². The van der Waals surface area contributed by atoms with Gasteiger partial charge in [0.2, 0.25) is 5.91 Å². The normalized spacial score (nSPS) is 22.6. The van der Waals surface area contributed by atoms with Gasteiger partial charge in [-0.3, -0.25) is 4.79 Å². The molecule has 110 valence electrons. The van der Waals surface area contributed by atoms with Crippen LogP contribution in [0.5, 0.6) is 0 Å². The lowest BCUT2D eigenvalue weighted by atomic mass is 9.86. The van der Waals surface area contributed by atoms with Gasteiger partial charge in [-0.2, -0.15) is 0 Å². The number of nitrogens with one attached hydrogen (secondary N) is 1. The molecule has 1 aromatic rings. The van der Waals surface area contributed by atoms with Crippen molar-refractivity contribution in [1.29, 1.82) is 0 Å². The number of amides is 1. The first-order chi connectivity index (χ1) is 9.58. The van der Waals surface area contributed by atoms with Gasteiger partial charge in [0.15, 0.2) is 11.6 Å². The third-order valence-electron chi connectivity index (χ3n) is 3.81. The Morgan fingerprint density at radius 3 is 2.80 bits per heavy atom. The van der Waals surface area contributed by atoms with Crippen LogP contribution in [-0.4, -0.2) is 23.7 Å². The van der Waals surface area contributed by atoms with E-state index in [0.717, 1.165) is 31.7 Å². The fourth-order valence-corrected chi connectivity index (χ4v) is 2.59. The van der Waals surface area contributed by atoms with Gasteiger partial charge in [0, 0.05) is 18.0 Å². The number of benzene rings is 1. The van der Waals surface area contributed by atoms with Crippen molar-refractivity contribution < 1.29 is 18.7 Å². The summed E-state index contributed by atoms with van der Waals surface area (Å²) in [4.78, 5) is 11.7. The van der Waals surface area contributed by atoms with E-state index in [0.29, 0.717) is 6.54 Å². The second-order valence-electron chi connectivity index (χ2n) is 5.31. The quantitative estimate of drug-likeness (QED) is 0.889. The molecule has 2 rings (SSSR count). The third kappa shape index (κ3) is 3.76. The molecular weight excluding hydrogens is 264 g/mol. The monoisotopic (exact) mass is 283 g/mol. The molecule has 20 heavy (non-hydrogen) atoms.